The van der Waals surface area contributed by atoms with Crippen LogP contribution in [0, 0.1) is 0 Å². The van der Waals surface area contributed by atoms with Crippen LogP contribution in [0.15, 0.2) is 47.5 Å². The molecule has 0 atom stereocenters. The molecule has 6 nitrogen and oxygen atoms in total. The summed E-state index contributed by atoms with van der Waals surface area (Å²) >= 11 is 0. The second-order valence-electron chi connectivity index (χ2n) is 5.08. The minimum atomic E-state index is -4.73. The van der Waals surface area contributed by atoms with E-state index < -0.39 is 6.36 Å². The lowest BCUT2D eigenvalue weighted by molar-refractivity contribution is -0.274. The van der Waals surface area contributed by atoms with E-state index >= 15 is 0 Å². The van der Waals surface area contributed by atoms with Gasteiger partial charge >= 0.3 is 6.36 Å². The Hall–Kier alpha value is -3.10. The van der Waals surface area contributed by atoms with Crippen molar-refractivity contribution in [3.05, 3.63) is 48.0 Å². The molecule has 2 rings (SSSR count). The number of alkyl halides is 3. The first kappa shape index (κ1) is 19.2. The average Bonchev–Trinajstić information content (AvgIpc) is 2.60. The predicted octanol–water partition coefficient (Wildman–Crippen LogP) is 3.53. The van der Waals surface area contributed by atoms with Gasteiger partial charge in [-0.25, -0.2) is 4.99 Å². The smallest absolute Gasteiger partial charge is 0.497 e. The van der Waals surface area contributed by atoms with Crippen LogP contribution in [0.2, 0.25) is 0 Å². The molecule has 0 aromatic heterocycles. The second kappa shape index (κ2) is 8.32. The molecule has 9 heteroatoms. The Morgan fingerprint density at radius 2 is 1.69 bits per heavy atom. The lowest BCUT2D eigenvalue weighted by Crippen LogP contribution is -2.22. The zero-order chi connectivity index (χ0) is 19.2. The Balaban J connectivity index is 2.00. The number of nitrogens with two attached hydrogens (primary N) is 1. The maximum atomic E-state index is 12.1. The van der Waals surface area contributed by atoms with Crippen molar-refractivity contribution in [3.63, 3.8) is 0 Å². The third-order valence-corrected chi connectivity index (χ3v) is 3.27. The molecule has 0 spiro atoms. The number of halogens is 3. The van der Waals surface area contributed by atoms with E-state index in [0.717, 1.165) is 5.56 Å². The molecule has 0 heterocycles. The average molecular weight is 369 g/mol. The van der Waals surface area contributed by atoms with Gasteiger partial charge in [0.2, 0.25) is 0 Å². The van der Waals surface area contributed by atoms with Gasteiger partial charge in [-0.05, 0) is 36.4 Å². The van der Waals surface area contributed by atoms with Crippen LogP contribution in [0.3, 0.4) is 0 Å². The molecular formula is C17H18F3N3O3. The summed E-state index contributed by atoms with van der Waals surface area (Å²) in [6.07, 6.45) is -4.73. The molecule has 0 bridgehead atoms. The largest absolute Gasteiger partial charge is 0.573 e. The first-order valence-electron chi connectivity index (χ1n) is 7.44. The van der Waals surface area contributed by atoms with Gasteiger partial charge in [-0.1, -0.05) is 0 Å². The third-order valence-electron chi connectivity index (χ3n) is 3.27. The highest BCUT2D eigenvalue weighted by Crippen LogP contribution is 2.25. The third kappa shape index (κ3) is 5.76. The van der Waals surface area contributed by atoms with E-state index in [1.54, 1.807) is 25.3 Å². The molecule has 0 saturated carbocycles. The Morgan fingerprint density at radius 1 is 1.04 bits per heavy atom. The predicted molar refractivity (Wildman–Crippen MR) is 91.6 cm³/mol. The number of guanidine groups is 1. The Kier molecular flexibility index (Phi) is 6.16. The van der Waals surface area contributed by atoms with Gasteiger partial charge in [-0.2, -0.15) is 0 Å². The molecule has 0 amide bonds. The van der Waals surface area contributed by atoms with Crippen molar-refractivity contribution in [1.29, 1.82) is 0 Å². The van der Waals surface area contributed by atoms with Gasteiger partial charge in [-0.15, -0.1) is 13.2 Å². The number of methoxy groups -OCH3 is 2. The molecule has 0 aliphatic rings. The minimum Gasteiger partial charge on any atom is -0.497 e. The number of nitrogens with one attached hydrogen (secondary N) is 1. The molecule has 2 aromatic carbocycles. The summed E-state index contributed by atoms with van der Waals surface area (Å²) in [7, 11) is 3.09. The van der Waals surface area contributed by atoms with Crippen molar-refractivity contribution in [3.8, 4) is 17.2 Å². The van der Waals surface area contributed by atoms with E-state index in [2.05, 4.69) is 15.0 Å². The summed E-state index contributed by atoms with van der Waals surface area (Å²) in [6.45, 7) is 0.251. The summed E-state index contributed by atoms with van der Waals surface area (Å²) in [5.74, 6) is 1.05. The number of rotatable bonds is 6. The van der Waals surface area contributed by atoms with E-state index in [4.69, 9.17) is 15.2 Å². The maximum Gasteiger partial charge on any atom is 0.573 e. The minimum absolute atomic E-state index is 0.104. The van der Waals surface area contributed by atoms with E-state index in [1.807, 2.05) is 0 Å². The Bertz CT molecular complexity index is 762. The highest BCUT2D eigenvalue weighted by Gasteiger charge is 2.30. The normalized spacial score (nSPS) is 11.8. The summed E-state index contributed by atoms with van der Waals surface area (Å²) < 4.78 is 50.6. The molecule has 2 aromatic rings. The van der Waals surface area contributed by atoms with Gasteiger partial charge < -0.3 is 25.3 Å². The van der Waals surface area contributed by atoms with E-state index in [-0.39, 0.29) is 18.3 Å². The number of benzene rings is 2. The second-order valence-corrected chi connectivity index (χ2v) is 5.08. The fraction of sp³-hybridized carbons (Fsp3) is 0.235. The van der Waals surface area contributed by atoms with Gasteiger partial charge in [0, 0.05) is 17.3 Å². The number of ether oxygens (including phenoxy) is 3. The molecular weight excluding hydrogens is 351 g/mol. The molecule has 0 fully saturated rings. The lowest BCUT2D eigenvalue weighted by Gasteiger charge is -2.11. The molecule has 140 valence electrons. The summed E-state index contributed by atoms with van der Waals surface area (Å²) in [5.41, 5.74) is 7.08. The van der Waals surface area contributed by atoms with Crippen LogP contribution in [-0.4, -0.2) is 26.5 Å². The summed E-state index contributed by atoms with van der Waals surface area (Å²) in [5, 5.41) is 2.79. The molecule has 0 radical (unpaired) electrons. The summed E-state index contributed by atoms with van der Waals surface area (Å²) in [6, 6.07) is 10.5. The molecule has 0 saturated heterocycles. The quantitative estimate of drug-likeness (QED) is 0.602. The van der Waals surface area contributed by atoms with Gasteiger partial charge in [0.15, 0.2) is 5.96 Å². The van der Waals surface area contributed by atoms with Gasteiger partial charge in [-0.3, -0.25) is 0 Å². The number of nitrogens with zero attached hydrogens (tertiary/aromatic N) is 1. The van der Waals surface area contributed by atoms with Crippen LogP contribution in [0.25, 0.3) is 0 Å². The van der Waals surface area contributed by atoms with Crippen molar-refractivity contribution >= 4 is 11.6 Å². The van der Waals surface area contributed by atoms with Crippen molar-refractivity contribution in [2.24, 2.45) is 10.7 Å². The van der Waals surface area contributed by atoms with Crippen LogP contribution in [0.5, 0.6) is 17.2 Å². The number of hydrogen-bond acceptors (Lipinski definition) is 4. The maximum absolute atomic E-state index is 12.1. The van der Waals surface area contributed by atoms with Crippen molar-refractivity contribution in [2.75, 3.05) is 19.5 Å². The zero-order valence-corrected chi connectivity index (χ0v) is 14.1. The standard InChI is InChI=1S/C17H18F3N3O3/c1-24-14-6-3-11(15(9-14)25-2)10-22-16(21)23-12-4-7-13(8-5-12)26-17(18,19)20/h3-9H,10H2,1-2H3,(H3,21,22,23). The molecule has 0 aliphatic heterocycles. The van der Waals surface area contributed by atoms with Crippen LogP contribution in [-0.2, 0) is 6.54 Å². The first-order chi connectivity index (χ1) is 12.3. The van der Waals surface area contributed by atoms with E-state index in [1.165, 1.54) is 31.4 Å². The fourth-order valence-electron chi connectivity index (χ4n) is 2.08. The first-order valence-corrected chi connectivity index (χ1v) is 7.44. The van der Waals surface area contributed by atoms with Gasteiger partial charge in [0.25, 0.3) is 0 Å². The monoisotopic (exact) mass is 369 g/mol. The molecule has 0 aliphatic carbocycles. The van der Waals surface area contributed by atoms with Crippen LogP contribution in [0.4, 0.5) is 18.9 Å². The number of hydrogen-bond donors (Lipinski definition) is 2. The Labute approximate surface area is 148 Å². The van der Waals surface area contributed by atoms with Crippen molar-refractivity contribution < 1.29 is 27.4 Å². The van der Waals surface area contributed by atoms with Crippen molar-refractivity contribution in [2.45, 2.75) is 12.9 Å². The summed E-state index contributed by atoms with van der Waals surface area (Å²) in [4.78, 5) is 4.19. The zero-order valence-electron chi connectivity index (χ0n) is 14.1. The van der Waals surface area contributed by atoms with Gasteiger partial charge in [0.05, 0.1) is 20.8 Å². The van der Waals surface area contributed by atoms with E-state index in [9.17, 15) is 13.2 Å². The molecule has 3 N–H and O–H groups in total. The lowest BCUT2D eigenvalue weighted by atomic mass is 10.2. The highest BCUT2D eigenvalue weighted by molar-refractivity contribution is 5.92. The van der Waals surface area contributed by atoms with Crippen LogP contribution in [0.1, 0.15) is 5.56 Å². The number of aliphatic imine (C=N–C) groups is 1. The van der Waals surface area contributed by atoms with Crippen molar-refractivity contribution in [1.82, 2.24) is 0 Å². The Morgan fingerprint density at radius 3 is 2.27 bits per heavy atom. The van der Waals surface area contributed by atoms with Gasteiger partial charge in [0.1, 0.15) is 17.2 Å². The van der Waals surface area contributed by atoms with Crippen LogP contribution >= 0.6 is 0 Å². The molecule has 26 heavy (non-hydrogen) atoms. The molecule has 0 unspecified atom stereocenters. The number of anilines is 1. The highest BCUT2D eigenvalue weighted by atomic mass is 19.4. The topological polar surface area (TPSA) is 78.1 Å². The van der Waals surface area contributed by atoms with E-state index in [0.29, 0.717) is 17.2 Å². The van der Waals surface area contributed by atoms with Crippen LogP contribution < -0.4 is 25.3 Å². The SMILES string of the molecule is COc1ccc(CN=C(N)Nc2ccc(OC(F)(F)F)cc2)c(OC)c1. The fourth-order valence-corrected chi connectivity index (χ4v) is 2.08.